The summed E-state index contributed by atoms with van der Waals surface area (Å²) in [6.45, 7) is 2.22. The van der Waals surface area contributed by atoms with E-state index >= 15 is 0 Å². The lowest BCUT2D eigenvalue weighted by Gasteiger charge is -2.12. The highest BCUT2D eigenvalue weighted by atomic mass is 15.2. The van der Waals surface area contributed by atoms with E-state index in [1.165, 1.54) is 6.42 Å². The molecule has 0 bridgehead atoms. The van der Waals surface area contributed by atoms with E-state index in [0.29, 0.717) is 11.9 Å². The van der Waals surface area contributed by atoms with Gasteiger partial charge >= 0.3 is 0 Å². The van der Waals surface area contributed by atoms with Crippen LogP contribution in [0.15, 0.2) is 6.20 Å². The van der Waals surface area contributed by atoms with Crippen molar-refractivity contribution in [3.05, 3.63) is 6.20 Å². The second-order valence-corrected chi connectivity index (χ2v) is 3.59. The Hall–Kier alpha value is -1.23. The van der Waals surface area contributed by atoms with Gasteiger partial charge in [0.2, 0.25) is 0 Å². The van der Waals surface area contributed by atoms with Crippen molar-refractivity contribution >= 4 is 11.5 Å². The lowest BCUT2D eigenvalue weighted by Crippen LogP contribution is -2.23. The highest BCUT2D eigenvalue weighted by Crippen LogP contribution is 2.18. The highest BCUT2D eigenvalue weighted by Gasteiger charge is 2.19. The number of nitrogen functional groups attached to an aromatic ring is 1. The molecule has 1 unspecified atom stereocenters. The summed E-state index contributed by atoms with van der Waals surface area (Å²) < 4.78 is 0. The summed E-state index contributed by atoms with van der Waals surface area (Å²) in [5.74, 6) is 0.620. The molecule has 0 spiro atoms. The maximum Gasteiger partial charge on any atom is 0.142 e. The van der Waals surface area contributed by atoms with Gasteiger partial charge in [-0.3, -0.25) is 5.10 Å². The van der Waals surface area contributed by atoms with Crippen molar-refractivity contribution in [1.29, 1.82) is 0 Å². The molecule has 13 heavy (non-hydrogen) atoms. The number of nitrogens with one attached hydrogen (secondary N) is 2. The van der Waals surface area contributed by atoms with Gasteiger partial charge in [-0.1, -0.05) is 0 Å². The van der Waals surface area contributed by atoms with Crippen molar-refractivity contribution in [2.75, 3.05) is 31.2 Å². The zero-order valence-corrected chi connectivity index (χ0v) is 7.75. The molecule has 5 heteroatoms. The minimum absolute atomic E-state index is 0.505. The van der Waals surface area contributed by atoms with Crippen molar-refractivity contribution < 1.29 is 0 Å². The molecule has 2 rings (SSSR count). The Balaban J connectivity index is 1.95. The number of H-pyrrole nitrogens is 1. The SMILES string of the molecule is CN1CCC(Nc2cn[nH]c2N)C1. The summed E-state index contributed by atoms with van der Waals surface area (Å²) in [4.78, 5) is 2.30. The minimum atomic E-state index is 0.505. The first-order chi connectivity index (χ1) is 6.25. The summed E-state index contributed by atoms with van der Waals surface area (Å²) in [5.41, 5.74) is 6.58. The molecule has 1 atom stereocenters. The van der Waals surface area contributed by atoms with Crippen molar-refractivity contribution in [3.63, 3.8) is 0 Å². The van der Waals surface area contributed by atoms with Crippen molar-refractivity contribution in [1.82, 2.24) is 15.1 Å². The van der Waals surface area contributed by atoms with Crippen LogP contribution in [0.2, 0.25) is 0 Å². The maximum absolute atomic E-state index is 5.66. The highest BCUT2D eigenvalue weighted by molar-refractivity contribution is 5.60. The van der Waals surface area contributed by atoms with Gasteiger partial charge in [0.1, 0.15) is 5.82 Å². The molecule has 5 nitrogen and oxygen atoms in total. The van der Waals surface area contributed by atoms with Gasteiger partial charge in [-0.15, -0.1) is 0 Å². The number of hydrogen-bond acceptors (Lipinski definition) is 4. The predicted octanol–water partition coefficient (Wildman–Crippen LogP) is 0.108. The van der Waals surface area contributed by atoms with Crippen LogP contribution in [0.5, 0.6) is 0 Å². The van der Waals surface area contributed by atoms with Gasteiger partial charge < -0.3 is 16.0 Å². The zero-order chi connectivity index (χ0) is 9.26. The number of likely N-dealkylation sites (N-methyl/N-ethyl adjacent to an activating group) is 1. The summed E-state index contributed by atoms with van der Waals surface area (Å²) in [6, 6.07) is 0.505. The van der Waals surface area contributed by atoms with E-state index in [2.05, 4.69) is 27.5 Å². The fraction of sp³-hybridized carbons (Fsp3) is 0.625. The van der Waals surface area contributed by atoms with E-state index < -0.39 is 0 Å². The minimum Gasteiger partial charge on any atom is -0.382 e. The standard InChI is InChI=1S/C8H15N5/c1-13-3-2-6(5-13)11-7-4-10-12-8(7)9/h4,6,11H,2-3,5H2,1H3,(H3,9,10,12). The van der Waals surface area contributed by atoms with E-state index in [0.717, 1.165) is 18.8 Å². The van der Waals surface area contributed by atoms with Gasteiger partial charge in [0.25, 0.3) is 0 Å². The Bertz CT molecular complexity index is 282. The van der Waals surface area contributed by atoms with Crippen molar-refractivity contribution in [2.24, 2.45) is 0 Å². The summed E-state index contributed by atoms with van der Waals surface area (Å²) in [7, 11) is 2.13. The lowest BCUT2D eigenvalue weighted by atomic mass is 10.2. The molecular weight excluding hydrogens is 166 g/mol. The molecule has 0 aromatic carbocycles. The zero-order valence-electron chi connectivity index (χ0n) is 7.75. The molecule has 72 valence electrons. The molecule has 4 N–H and O–H groups in total. The number of aromatic nitrogens is 2. The van der Waals surface area contributed by atoms with Gasteiger partial charge in [0, 0.05) is 12.6 Å². The van der Waals surface area contributed by atoms with Gasteiger partial charge in [0.05, 0.1) is 11.9 Å². The average Bonchev–Trinajstić information content (AvgIpc) is 2.64. The molecule has 1 aliphatic rings. The number of likely N-dealkylation sites (tertiary alicyclic amines) is 1. The van der Waals surface area contributed by atoms with Crippen molar-refractivity contribution in [2.45, 2.75) is 12.5 Å². The van der Waals surface area contributed by atoms with E-state index in [-0.39, 0.29) is 0 Å². The Morgan fingerprint density at radius 3 is 3.15 bits per heavy atom. The van der Waals surface area contributed by atoms with Crippen LogP contribution < -0.4 is 11.1 Å². The molecule has 2 heterocycles. The fourth-order valence-corrected chi connectivity index (χ4v) is 1.68. The van der Waals surface area contributed by atoms with Crippen LogP contribution in [-0.4, -0.2) is 41.3 Å². The van der Waals surface area contributed by atoms with Gasteiger partial charge in [-0.2, -0.15) is 5.10 Å². The summed E-state index contributed by atoms with van der Waals surface area (Å²) in [6.07, 6.45) is 2.90. The maximum atomic E-state index is 5.66. The fourth-order valence-electron chi connectivity index (χ4n) is 1.68. The number of aromatic amines is 1. The third-order valence-electron chi connectivity index (χ3n) is 2.42. The van der Waals surface area contributed by atoms with E-state index in [9.17, 15) is 0 Å². The molecule has 1 aromatic rings. The number of nitrogens with zero attached hydrogens (tertiary/aromatic N) is 2. The van der Waals surface area contributed by atoms with Crippen LogP contribution in [0, 0.1) is 0 Å². The molecule has 1 aromatic heterocycles. The molecule has 1 aliphatic heterocycles. The summed E-state index contributed by atoms with van der Waals surface area (Å²) >= 11 is 0. The number of hydrogen-bond donors (Lipinski definition) is 3. The van der Waals surface area contributed by atoms with Gasteiger partial charge in [-0.25, -0.2) is 0 Å². The quantitative estimate of drug-likeness (QED) is 0.605. The van der Waals surface area contributed by atoms with E-state index in [1.807, 2.05) is 0 Å². The third-order valence-corrected chi connectivity index (χ3v) is 2.42. The van der Waals surface area contributed by atoms with E-state index in [1.54, 1.807) is 6.20 Å². The molecular formula is C8H15N5. The van der Waals surface area contributed by atoms with Crippen LogP contribution in [0.25, 0.3) is 0 Å². The van der Waals surface area contributed by atoms with Crippen LogP contribution in [0.1, 0.15) is 6.42 Å². The predicted molar refractivity (Wildman–Crippen MR) is 52.5 cm³/mol. The Morgan fingerprint density at radius 1 is 1.77 bits per heavy atom. The Morgan fingerprint density at radius 2 is 2.62 bits per heavy atom. The Kier molecular flexibility index (Phi) is 2.10. The topological polar surface area (TPSA) is 70.0 Å². The van der Waals surface area contributed by atoms with Crippen molar-refractivity contribution in [3.8, 4) is 0 Å². The van der Waals surface area contributed by atoms with E-state index in [4.69, 9.17) is 5.73 Å². The second kappa shape index (κ2) is 3.26. The number of rotatable bonds is 2. The third kappa shape index (κ3) is 1.75. The molecule has 0 amide bonds. The summed E-state index contributed by atoms with van der Waals surface area (Å²) in [5, 5.41) is 9.92. The molecule has 0 aliphatic carbocycles. The number of nitrogens with two attached hydrogens (primary N) is 1. The van der Waals surface area contributed by atoms with Gasteiger partial charge in [-0.05, 0) is 20.0 Å². The molecule has 0 saturated carbocycles. The van der Waals surface area contributed by atoms with Gasteiger partial charge in [0.15, 0.2) is 0 Å². The molecule has 0 radical (unpaired) electrons. The monoisotopic (exact) mass is 181 g/mol. The Labute approximate surface area is 77.3 Å². The molecule has 1 saturated heterocycles. The first kappa shape index (κ1) is 8.37. The normalized spacial score (nSPS) is 23.6. The second-order valence-electron chi connectivity index (χ2n) is 3.59. The number of anilines is 2. The lowest BCUT2D eigenvalue weighted by molar-refractivity contribution is 0.414. The molecule has 1 fully saturated rings. The van der Waals surface area contributed by atoms with Crippen LogP contribution in [0.3, 0.4) is 0 Å². The average molecular weight is 181 g/mol. The first-order valence-electron chi connectivity index (χ1n) is 4.49. The van der Waals surface area contributed by atoms with Crippen LogP contribution in [-0.2, 0) is 0 Å². The largest absolute Gasteiger partial charge is 0.382 e. The smallest absolute Gasteiger partial charge is 0.142 e. The van der Waals surface area contributed by atoms with Crippen LogP contribution in [0.4, 0.5) is 11.5 Å². The van der Waals surface area contributed by atoms with Crippen LogP contribution >= 0.6 is 0 Å². The first-order valence-corrected chi connectivity index (χ1v) is 4.49.